The second-order valence-corrected chi connectivity index (χ2v) is 9.68. The smallest absolute Gasteiger partial charge is 0.347 e. The molecule has 0 N–H and O–H groups in total. The summed E-state index contributed by atoms with van der Waals surface area (Å²) in [4.78, 5) is 24.2. The minimum atomic E-state index is -3.72. The molecule has 3 aliphatic heterocycles. The van der Waals surface area contributed by atoms with Crippen LogP contribution in [0.3, 0.4) is 0 Å². The van der Waals surface area contributed by atoms with Crippen LogP contribution < -0.4 is 9.47 Å². The van der Waals surface area contributed by atoms with Crippen LogP contribution >= 0.6 is 0 Å². The first-order valence-electron chi connectivity index (χ1n) is 10.2. The highest BCUT2D eigenvalue weighted by Gasteiger charge is 2.38. The predicted octanol–water partition coefficient (Wildman–Crippen LogP) is 1.50. The number of carbonyl (C=O) groups excluding carboxylic acids is 2. The Morgan fingerprint density at radius 3 is 2.50 bits per heavy atom. The lowest BCUT2D eigenvalue weighted by Gasteiger charge is -2.30. The van der Waals surface area contributed by atoms with Crippen LogP contribution in [0.25, 0.3) is 0 Å². The molecule has 3 aliphatic rings. The quantitative estimate of drug-likeness (QED) is 0.650. The maximum absolute atomic E-state index is 13.0. The molecule has 9 nitrogen and oxygen atoms in total. The fourth-order valence-electron chi connectivity index (χ4n) is 3.84. The van der Waals surface area contributed by atoms with E-state index in [-0.39, 0.29) is 24.1 Å². The second-order valence-electron chi connectivity index (χ2n) is 7.75. The molecule has 164 valence electrons. The summed E-state index contributed by atoms with van der Waals surface area (Å²) >= 11 is 0. The normalized spacial score (nSPS) is 25.4. The topological polar surface area (TPSA) is 108 Å². The minimum Gasteiger partial charge on any atom is -0.490 e. The van der Waals surface area contributed by atoms with Crippen LogP contribution in [0, 0.1) is 5.92 Å². The van der Waals surface area contributed by atoms with E-state index in [1.807, 2.05) is 0 Å². The summed E-state index contributed by atoms with van der Waals surface area (Å²) in [5.74, 6) is -0.481. The Kier molecular flexibility index (Phi) is 5.88. The number of benzene rings is 1. The third kappa shape index (κ3) is 4.24. The molecule has 2 saturated heterocycles. The number of esters is 2. The molecule has 0 bridgehead atoms. The highest BCUT2D eigenvalue weighted by Crippen LogP contribution is 2.34. The van der Waals surface area contributed by atoms with Crippen molar-refractivity contribution in [2.24, 2.45) is 5.92 Å². The highest BCUT2D eigenvalue weighted by atomic mass is 32.2. The Labute approximate surface area is 175 Å². The summed E-state index contributed by atoms with van der Waals surface area (Å²) in [5, 5.41) is 0. The van der Waals surface area contributed by atoms with Crippen LogP contribution in [-0.2, 0) is 29.1 Å². The standard InChI is InChI=1S/C20H25NO8S/c1-13-11-18(20(23)28-13)29-19(22)14-5-7-21(8-6-14)30(24,25)15-3-4-16-17(12-15)27-10-2-9-26-16/h3-4,12-14,18H,2,5-11H2,1H3/t13-,18-/m0/s1. The van der Waals surface area contributed by atoms with Crippen molar-refractivity contribution in [2.75, 3.05) is 26.3 Å². The van der Waals surface area contributed by atoms with Crippen molar-refractivity contribution >= 4 is 22.0 Å². The Balaban J connectivity index is 1.38. The molecule has 0 saturated carbocycles. The summed E-state index contributed by atoms with van der Waals surface area (Å²) < 4.78 is 48.9. The van der Waals surface area contributed by atoms with Gasteiger partial charge in [-0.2, -0.15) is 4.31 Å². The van der Waals surface area contributed by atoms with E-state index in [4.69, 9.17) is 18.9 Å². The third-order valence-electron chi connectivity index (χ3n) is 5.53. The molecule has 3 heterocycles. The monoisotopic (exact) mass is 439 g/mol. The Morgan fingerprint density at radius 1 is 1.13 bits per heavy atom. The third-order valence-corrected chi connectivity index (χ3v) is 7.42. The zero-order valence-corrected chi connectivity index (χ0v) is 17.6. The summed E-state index contributed by atoms with van der Waals surface area (Å²) in [7, 11) is -3.72. The molecule has 0 spiro atoms. The first kappa shape index (κ1) is 20.9. The van der Waals surface area contributed by atoms with Gasteiger partial charge in [-0.3, -0.25) is 4.79 Å². The fraction of sp³-hybridized carbons (Fsp3) is 0.600. The van der Waals surface area contributed by atoms with Gasteiger partial charge in [0.15, 0.2) is 11.5 Å². The van der Waals surface area contributed by atoms with E-state index in [2.05, 4.69) is 0 Å². The first-order chi connectivity index (χ1) is 14.3. The van der Waals surface area contributed by atoms with E-state index >= 15 is 0 Å². The zero-order chi connectivity index (χ0) is 21.3. The number of sulfonamides is 1. The van der Waals surface area contributed by atoms with Gasteiger partial charge in [-0.05, 0) is 31.9 Å². The van der Waals surface area contributed by atoms with E-state index in [0.29, 0.717) is 44.0 Å². The summed E-state index contributed by atoms with van der Waals surface area (Å²) in [5.41, 5.74) is 0. The second kappa shape index (κ2) is 8.43. The fourth-order valence-corrected chi connectivity index (χ4v) is 5.32. The van der Waals surface area contributed by atoms with Crippen LogP contribution in [-0.4, -0.2) is 63.2 Å². The zero-order valence-electron chi connectivity index (χ0n) is 16.7. The van der Waals surface area contributed by atoms with Gasteiger partial charge < -0.3 is 18.9 Å². The van der Waals surface area contributed by atoms with Crippen molar-refractivity contribution in [1.82, 2.24) is 4.31 Å². The van der Waals surface area contributed by atoms with Gasteiger partial charge in [-0.15, -0.1) is 0 Å². The number of fused-ring (bicyclic) bond motifs is 1. The van der Waals surface area contributed by atoms with Crippen molar-refractivity contribution in [3.63, 3.8) is 0 Å². The molecule has 1 aromatic carbocycles. The van der Waals surface area contributed by atoms with Gasteiger partial charge in [-0.25, -0.2) is 13.2 Å². The van der Waals surface area contributed by atoms with Crippen molar-refractivity contribution in [1.29, 1.82) is 0 Å². The largest absolute Gasteiger partial charge is 0.490 e. The number of piperidine rings is 1. The number of carbonyl (C=O) groups is 2. The first-order valence-corrected chi connectivity index (χ1v) is 11.6. The molecule has 4 rings (SSSR count). The predicted molar refractivity (Wildman–Crippen MR) is 104 cm³/mol. The van der Waals surface area contributed by atoms with Crippen LogP contribution in [0.1, 0.15) is 32.6 Å². The van der Waals surface area contributed by atoms with Gasteiger partial charge in [0.25, 0.3) is 0 Å². The number of nitrogens with zero attached hydrogens (tertiary/aromatic N) is 1. The Bertz CT molecular complexity index is 923. The van der Waals surface area contributed by atoms with Crippen molar-refractivity contribution in [3.8, 4) is 11.5 Å². The lowest BCUT2D eigenvalue weighted by atomic mass is 9.98. The van der Waals surface area contributed by atoms with Crippen molar-refractivity contribution < 1.29 is 37.0 Å². The van der Waals surface area contributed by atoms with Gasteiger partial charge in [-0.1, -0.05) is 0 Å². The number of hydrogen-bond donors (Lipinski definition) is 0. The molecule has 0 unspecified atom stereocenters. The number of cyclic esters (lactones) is 1. The molecule has 2 atom stereocenters. The van der Waals surface area contributed by atoms with E-state index in [1.165, 1.54) is 16.4 Å². The Hall–Kier alpha value is -2.33. The van der Waals surface area contributed by atoms with E-state index in [9.17, 15) is 18.0 Å². The minimum absolute atomic E-state index is 0.135. The molecule has 10 heteroatoms. The summed E-state index contributed by atoms with van der Waals surface area (Å²) in [6, 6.07) is 4.61. The SMILES string of the molecule is C[C@H]1C[C@H](OC(=O)C2CCN(S(=O)(=O)c3ccc4c(c3)OCCCO4)CC2)C(=O)O1. The Morgan fingerprint density at radius 2 is 1.83 bits per heavy atom. The van der Waals surface area contributed by atoms with Crippen molar-refractivity contribution in [2.45, 2.75) is 49.7 Å². The van der Waals surface area contributed by atoms with E-state index in [0.717, 1.165) is 6.42 Å². The van der Waals surface area contributed by atoms with Crippen molar-refractivity contribution in [3.05, 3.63) is 18.2 Å². The average Bonchev–Trinajstić information content (AvgIpc) is 2.92. The average molecular weight is 439 g/mol. The van der Waals surface area contributed by atoms with Gasteiger partial charge in [0.1, 0.15) is 6.10 Å². The molecular formula is C20H25NO8S. The van der Waals surface area contributed by atoms with E-state index < -0.39 is 34.0 Å². The summed E-state index contributed by atoms with van der Waals surface area (Å²) in [6.45, 7) is 3.14. The number of ether oxygens (including phenoxy) is 4. The van der Waals surface area contributed by atoms with Gasteiger partial charge in [0.05, 0.1) is 24.0 Å². The molecule has 1 aromatic rings. The van der Waals surface area contributed by atoms with Crippen LogP contribution in [0.5, 0.6) is 11.5 Å². The maximum atomic E-state index is 13.0. The molecule has 0 amide bonds. The summed E-state index contributed by atoms with van der Waals surface area (Å²) in [6.07, 6.45) is 0.619. The van der Waals surface area contributed by atoms with E-state index in [1.54, 1.807) is 13.0 Å². The van der Waals surface area contributed by atoms with Crippen LogP contribution in [0.2, 0.25) is 0 Å². The van der Waals surface area contributed by atoms with Gasteiger partial charge >= 0.3 is 11.9 Å². The molecule has 2 fully saturated rings. The number of hydrogen-bond acceptors (Lipinski definition) is 8. The molecule has 30 heavy (non-hydrogen) atoms. The van der Waals surface area contributed by atoms with Gasteiger partial charge in [0, 0.05) is 32.0 Å². The lowest BCUT2D eigenvalue weighted by Crippen LogP contribution is -2.41. The molecular weight excluding hydrogens is 414 g/mol. The molecule has 0 aromatic heterocycles. The highest BCUT2D eigenvalue weighted by molar-refractivity contribution is 7.89. The molecule has 0 aliphatic carbocycles. The number of rotatable bonds is 4. The molecule has 0 radical (unpaired) electrons. The maximum Gasteiger partial charge on any atom is 0.347 e. The van der Waals surface area contributed by atoms with Gasteiger partial charge in [0.2, 0.25) is 16.1 Å². The van der Waals surface area contributed by atoms with Crippen LogP contribution in [0.4, 0.5) is 0 Å². The lowest BCUT2D eigenvalue weighted by molar-refractivity contribution is -0.164. The van der Waals surface area contributed by atoms with Crippen LogP contribution in [0.15, 0.2) is 23.1 Å².